The zero-order valence-electron chi connectivity index (χ0n) is 13.9. The lowest BCUT2D eigenvalue weighted by molar-refractivity contribution is -0.780. The molecule has 0 saturated carbocycles. The Kier molecular flexibility index (Phi) is 5.66. The minimum Gasteiger partial charge on any atom is -0.341 e. The van der Waals surface area contributed by atoms with Crippen LogP contribution in [-0.2, 0) is 20.9 Å². The van der Waals surface area contributed by atoms with Gasteiger partial charge in [-0.05, 0) is 12.5 Å². The number of carbonyl (C=O) groups excluding carboxylic acids is 3. The van der Waals surface area contributed by atoms with Crippen LogP contribution in [0.25, 0.3) is 0 Å². The van der Waals surface area contributed by atoms with E-state index in [-0.39, 0.29) is 35.2 Å². The first-order valence-corrected chi connectivity index (χ1v) is 8.14. The van der Waals surface area contributed by atoms with Gasteiger partial charge in [0.2, 0.25) is 5.91 Å². The second-order valence-corrected chi connectivity index (χ2v) is 6.38. The van der Waals surface area contributed by atoms with Crippen LogP contribution in [0.5, 0.6) is 0 Å². The van der Waals surface area contributed by atoms with E-state index in [1.807, 2.05) is 37.3 Å². The first-order chi connectivity index (χ1) is 11.0. The third-order valence-electron chi connectivity index (χ3n) is 4.83. The van der Waals surface area contributed by atoms with E-state index in [0.29, 0.717) is 13.1 Å². The van der Waals surface area contributed by atoms with Crippen LogP contribution in [0.2, 0.25) is 0 Å². The largest absolute Gasteiger partial charge is 0.341 e. The van der Waals surface area contributed by atoms with Crippen LogP contribution in [0, 0.1) is 0 Å². The molecule has 0 bridgehead atoms. The minimum absolute atomic E-state index is 0.0251. The average Bonchev–Trinajstić information content (AvgIpc) is 2.95. The zero-order chi connectivity index (χ0) is 16.9. The van der Waals surface area contributed by atoms with Crippen molar-refractivity contribution in [2.24, 2.45) is 0 Å². The van der Waals surface area contributed by atoms with Crippen molar-refractivity contribution in [2.75, 3.05) is 13.6 Å². The minimum atomic E-state index is -0.133. The van der Waals surface area contributed by atoms with Gasteiger partial charge >= 0.3 is 12.3 Å². The summed E-state index contributed by atoms with van der Waals surface area (Å²) in [5.74, 6) is -0.204. The van der Waals surface area contributed by atoms with Crippen molar-refractivity contribution >= 4 is 18.2 Å². The maximum atomic E-state index is 12.5. The number of hydrogen-bond acceptors (Lipinski definition) is 3. The molecule has 1 saturated heterocycles. The van der Waals surface area contributed by atoms with E-state index in [4.69, 9.17) is 0 Å². The predicted octanol–water partition coefficient (Wildman–Crippen LogP) is 2.11. The Balaban J connectivity index is 1.88. The number of benzene rings is 1. The van der Waals surface area contributed by atoms with Gasteiger partial charge in [-0.1, -0.05) is 30.3 Å². The number of likely N-dealkylation sites (tertiary alicyclic amines) is 1. The average molecular weight is 317 g/mol. The summed E-state index contributed by atoms with van der Waals surface area (Å²) in [4.78, 5) is 37.8. The first-order valence-electron chi connectivity index (χ1n) is 8.14. The molecule has 23 heavy (non-hydrogen) atoms. The third-order valence-corrected chi connectivity index (χ3v) is 4.83. The van der Waals surface area contributed by atoms with Crippen LogP contribution in [0.4, 0.5) is 0 Å². The van der Waals surface area contributed by atoms with Gasteiger partial charge in [0.25, 0.3) is 0 Å². The molecular formula is C18H25N2O3+. The van der Waals surface area contributed by atoms with Gasteiger partial charge in [-0.25, -0.2) is 9.59 Å². The molecule has 2 atom stereocenters. The van der Waals surface area contributed by atoms with Crippen LogP contribution >= 0.6 is 0 Å². The highest BCUT2D eigenvalue weighted by Crippen LogP contribution is 2.26. The molecule has 1 aromatic carbocycles. The Labute approximate surface area is 137 Å². The SMILES string of the molecule is C[C@@H]1CCC[N+]1(C=O)C(=O)CCC(=O)N(C)Cc1ccccc1. The topological polar surface area (TPSA) is 54.5 Å². The van der Waals surface area contributed by atoms with E-state index in [1.54, 1.807) is 11.9 Å². The van der Waals surface area contributed by atoms with Crippen molar-refractivity contribution in [3.8, 4) is 0 Å². The predicted molar refractivity (Wildman–Crippen MR) is 87.0 cm³/mol. The summed E-state index contributed by atoms with van der Waals surface area (Å²) in [7, 11) is 1.74. The standard InChI is InChI=1S/C18H25N2O3/c1-15-7-6-12-20(15,14-21)18(23)11-10-17(22)19(2)13-16-8-4-3-5-9-16/h3-5,8-9,14-15H,6-7,10-13H2,1-2H3/q+1/t15-,20?/m1/s1. The van der Waals surface area contributed by atoms with Crippen LogP contribution in [-0.4, -0.2) is 47.2 Å². The van der Waals surface area contributed by atoms with Gasteiger partial charge < -0.3 is 4.90 Å². The van der Waals surface area contributed by atoms with Crippen LogP contribution in [0.15, 0.2) is 30.3 Å². The number of hydrogen-bond donors (Lipinski definition) is 0. The van der Waals surface area contributed by atoms with Crippen molar-refractivity contribution < 1.29 is 18.9 Å². The molecule has 0 radical (unpaired) electrons. The molecule has 1 fully saturated rings. The summed E-state index contributed by atoms with van der Waals surface area (Å²) < 4.78 is -0.115. The van der Waals surface area contributed by atoms with Gasteiger partial charge in [0.1, 0.15) is 6.04 Å². The lowest BCUT2D eigenvalue weighted by Crippen LogP contribution is -2.54. The normalized spacial score (nSPS) is 23.5. The molecule has 0 N–H and O–H groups in total. The van der Waals surface area contributed by atoms with Crippen molar-refractivity contribution in [2.45, 2.75) is 45.2 Å². The number of carbonyl (C=O) groups is 3. The van der Waals surface area contributed by atoms with Gasteiger partial charge in [0.15, 0.2) is 0 Å². The van der Waals surface area contributed by atoms with Crippen LogP contribution in [0.3, 0.4) is 0 Å². The van der Waals surface area contributed by atoms with E-state index in [2.05, 4.69) is 0 Å². The smallest absolute Gasteiger partial charge is 0.321 e. The van der Waals surface area contributed by atoms with E-state index < -0.39 is 0 Å². The second kappa shape index (κ2) is 7.51. The van der Waals surface area contributed by atoms with Crippen LogP contribution < -0.4 is 0 Å². The lowest BCUT2D eigenvalue weighted by Gasteiger charge is -2.28. The Bertz CT molecular complexity index is 573. The van der Waals surface area contributed by atoms with Gasteiger partial charge in [0.05, 0.1) is 13.0 Å². The van der Waals surface area contributed by atoms with Crippen molar-refractivity contribution in [3.63, 3.8) is 0 Å². The third kappa shape index (κ3) is 3.85. The first kappa shape index (κ1) is 17.3. The Morgan fingerprint density at radius 1 is 1.26 bits per heavy atom. The van der Waals surface area contributed by atoms with Gasteiger partial charge in [-0.3, -0.25) is 4.79 Å². The maximum Gasteiger partial charge on any atom is 0.321 e. The highest BCUT2D eigenvalue weighted by molar-refractivity contribution is 5.83. The summed E-state index contributed by atoms with van der Waals surface area (Å²) in [6.07, 6.45) is 2.81. The fourth-order valence-electron chi connectivity index (χ4n) is 3.24. The summed E-state index contributed by atoms with van der Waals surface area (Å²) in [5.41, 5.74) is 1.05. The van der Waals surface area contributed by atoms with Crippen molar-refractivity contribution in [1.29, 1.82) is 0 Å². The van der Waals surface area contributed by atoms with Crippen molar-refractivity contribution in [3.05, 3.63) is 35.9 Å². The Morgan fingerprint density at radius 2 is 1.96 bits per heavy atom. The number of imide groups is 1. The van der Waals surface area contributed by atoms with E-state index >= 15 is 0 Å². The second-order valence-electron chi connectivity index (χ2n) is 6.38. The molecule has 5 nitrogen and oxygen atoms in total. The quantitative estimate of drug-likeness (QED) is 0.596. The lowest BCUT2D eigenvalue weighted by atomic mass is 10.1. The Morgan fingerprint density at radius 3 is 2.52 bits per heavy atom. The van der Waals surface area contributed by atoms with Crippen molar-refractivity contribution in [1.82, 2.24) is 4.90 Å². The van der Waals surface area contributed by atoms with Gasteiger partial charge in [-0.15, -0.1) is 0 Å². The molecule has 1 aliphatic rings. The maximum absolute atomic E-state index is 12.5. The Hall–Kier alpha value is -2.01. The molecule has 1 heterocycles. The summed E-state index contributed by atoms with van der Waals surface area (Å²) in [5, 5.41) is 0. The molecule has 1 unspecified atom stereocenters. The van der Waals surface area contributed by atoms with Crippen LogP contribution in [0.1, 0.15) is 38.2 Å². The number of rotatable bonds is 6. The summed E-state index contributed by atoms with van der Waals surface area (Å²) in [6.45, 7) is 3.03. The molecule has 2 rings (SSSR count). The molecule has 1 aromatic rings. The van der Waals surface area contributed by atoms with Gasteiger partial charge in [-0.2, -0.15) is 4.48 Å². The fourth-order valence-corrected chi connectivity index (χ4v) is 3.24. The molecule has 5 heteroatoms. The summed E-state index contributed by atoms with van der Waals surface area (Å²) >= 11 is 0. The van der Waals surface area contributed by atoms with E-state index in [9.17, 15) is 14.4 Å². The monoisotopic (exact) mass is 317 g/mol. The molecule has 0 aromatic heterocycles. The molecule has 0 spiro atoms. The highest BCUT2D eigenvalue weighted by Gasteiger charge is 2.45. The summed E-state index contributed by atoms with van der Waals surface area (Å²) in [6, 6.07) is 9.76. The van der Waals surface area contributed by atoms with E-state index in [1.165, 1.54) is 0 Å². The molecular weight excluding hydrogens is 292 g/mol. The number of amides is 3. The van der Waals surface area contributed by atoms with E-state index in [0.717, 1.165) is 24.8 Å². The number of nitrogens with zero attached hydrogens (tertiary/aromatic N) is 2. The molecule has 3 amide bonds. The zero-order valence-corrected chi connectivity index (χ0v) is 13.9. The highest BCUT2D eigenvalue weighted by atomic mass is 16.2. The fraction of sp³-hybridized carbons (Fsp3) is 0.500. The number of quaternary nitrogens is 1. The molecule has 0 aliphatic carbocycles. The van der Waals surface area contributed by atoms with Gasteiger partial charge in [0, 0.05) is 32.9 Å². The molecule has 1 aliphatic heterocycles. The molecule has 124 valence electrons.